The van der Waals surface area contributed by atoms with E-state index in [2.05, 4.69) is 4.72 Å². The molecule has 0 fully saturated rings. The van der Waals surface area contributed by atoms with Gasteiger partial charge in [0.2, 0.25) is 10.0 Å². The lowest BCUT2D eigenvalue weighted by molar-refractivity contribution is 0.400. The summed E-state index contributed by atoms with van der Waals surface area (Å²) < 4.78 is 26.8. The van der Waals surface area contributed by atoms with Gasteiger partial charge in [0.25, 0.3) is 0 Å². The lowest BCUT2D eigenvalue weighted by Gasteiger charge is -2.11. The summed E-state index contributed by atoms with van der Waals surface area (Å²) in [7, 11) is 0.396. The molecule has 0 aliphatic heterocycles. The van der Waals surface area contributed by atoms with Crippen molar-refractivity contribution in [1.82, 2.24) is 9.62 Å². The molecule has 1 rings (SSSR count). The fourth-order valence-corrected chi connectivity index (χ4v) is 3.00. The van der Waals surface area contributed by atoms with E-state index < -0.39 is 10.0 Å². The molecule has 0 saturated carbocycles. The zero-order valence-corrected chi connectivity index (χ0v) is 12.3. The molecular formula is C13H19N3O2S. The Morgan fingerprint density at radius 3 is 2.58 bits per heavy atom. The van der Waals surface area contributed by atoms with Crippen LogP contribution in [0.15, 0.2) is 23.1 Å². The number of benzene rings is 1. The molecule has 0 aliphatic rings. The van der Waals surface area contributed by atoms with Crippen LogP contribution in [0.2, 0.25) is 0 Å². The molecule has 0 unspecified atom stereocenters. The predicted octanol–water partition coefficient (Wildman–Crippen LogP) is 1.10. The van der Waals surface area contributed by atoms with Gasteiger partial charge in [0.05, 0.1) is 16.5 Å². The smallest absolute Gasteiger partial charge is 0.240 e. The third-order valence-corrected chi connectivity index (χ3v) is 4.29. The van der Waals surface area contributed by atoms with Crippen LogP contribution in [0.1, 0.15) is 17.5 Å². The van der Waals surface area contributed by atoms with Gasteiger partial charge in [0, 0.05) is 6.54 Å². The van der Waals surface area contributed by atoms with Crippen molar-refractivity contribution in [2.24, 2.45) is 0 Å². The van der Waals surface area contributed by atoms with Crippen LogP contribution in [0.3, 0.4) is 0 Å². The Kier molecular flexibility index (Phi) is 5.48. The fraction of sp³-hybridized carbons (Fsp3) is 0.462. The van der Waals surface area contributed by atoms with E-state index in [-0.39, 0.29) is 4.90 Å². The lowest BCUT2D eigenvalue weighted by atomic mass is 10.2. The van der Waals surface area contributed by atoms with Crippen LogP contribution >= 0.6 is 0 Å². The maximum atomic E-state index is 12.1. The highest BCUT2D eigenvalue weighted by Gasteiger charge is 2.16. The maximum Gasteiger partial charge on any atom is 0.240 e. The molecule has 0 aromatic heterocycles. The van der Waals surface area contributed by atoms with E-state index in [0.717, 1.165) is 13.0 Å². The molecule has 5 nitrogen and oxygen atoms in total. The maximum absolute atomic E-state index is 12.1. The van der Waals surface area contributed by atoms with Gasteiger partial charge in [-0.1, -0.05) is 0 Å². The van der Waals surface area contributed by atoms with Crippen molar-refractivity contribution < 1.29 is 8.42 Å². The zero-order chi connectivity index (χ0) is 14.5. The molecule has 0 spiro atoms. The number of nitrogens with zero attached hydrogens (tertiary/aromatic N) is 2. The summed E-state index contributed by atoms with van der Waals surface area (Å²) in [6.45, 7) is 2.92. The Labute approximate surface area is 114 Å². The summed E-state index contributed by atoms with van der Waals surface area (Å²) in [5.74, 6) is 0. The molecule has 1 aromatic carbocycles. The first-order chi connectivity index (χ1) is 8.86. The van der Waals surface area contributed by atoms with Crippen molar-refractivity contribution in [3.63, 3.8) is 0 Å². The summed E-state index contributed by atoms with van der Waals surface area (Å²) in [4.78, 5) is 2.23. The first-order valence-electron chi connectivity index (χ1n) is 6.02. The minimum Gasteiger partial charge on any atom is -0.309 e. The molecular weight excluding hydrogens is 262 g/mol. The average Bonchev–Trinajstić information content (AvgIpc) is 2.34. The van der Waals surface area contributed by atoms with Gasteiger partial charge in [-0.3, -0.25) is 0 Å². The van der Waals surface area contributed by atoms with Gasteiger partial charge in [0.1, 0.15) is 0 Å². The van der Waals surface area contributed by atoms with E-state index in [9.17, 15) is 8.42 Å². The summed E-state index contributed by atoms with van der Waals surface area (Å²) in [6, 6.07) is 6.56. The highest BCUT2D eigenvalue weighted by atomic mass is 32.2. The quantitative estimate of drug-likeness (QED) is 0.792. The summed E-state index contributed by atoms with van der Waals surface area (Å²) in [5, 5.41) is 8.76. The SMILES string of the molecule is Cc1cc(C#N)ccc1S(=O)(=O)NCCCN(C)C. The number of nitriles is 1. The number of hydrogen-bond donors (Lipinski definition) is 1. The van der Waals surface area contributed by atoms with Gasteiger partial charge < -0.3 is 4.90 Å². The largest absolute Gasteiger partial charge is 0.309 e. The van der Waals surface area contributed by atoms with Crippen molar-refractivity contribution in [3.8, 4) is 6.07 Å². The van der Waals surface area contributed by atoms with Crippen LogP contribution in [0.25, 0.3) is 0 Å². The van der Waals surface area contributed by atoms with Gasteiger partial charge in [-0.2, -0.15) is 5.26 Å². The van der Waals surface area contributed by atoms with Gasteiger partial charge >= 0.3 is 0 Å². The zero-order valence-electron chi connectivity index (χ0n) is 11.5. The van der Waals surface area contributed by atoms with E-state index in [0.29, 0.717) is 17.7 Å². The van der Waals surface area contributed by atoms with Crippen LogP contribution in [-0.4, -0.2) is 40.5 Å². The van der Waals surface area contributed by atoms with E-state index in [1.165, 1.54) is 12.1 Å². The molecule has 0 radical (unpaired) electrons. The standard InChI is InChI=1S/C13H19N3O2S/c1-11-9-12(10-14)5-6-13(11)19(17,18)15-7-4-8-16(2)3/h5-6,9,15H,4,7-8H2,1-3H3. The molecule has 0 aliphatic carbocycles. The molecule has 1 N–H and O–H groups in total. The molecule has 0 saturated heterocycles. The minimum absolute atomic E-state index is 0.233. The summed E-state index contributed by atoms with van der Waals surface area (Å²) >= 11 is 0. The van der Waals surface area contributed by atoms with Crippen molar-refractivity contribution in [2.45, 2.75) is 18.2 Å². The van der Waals surface area contributed by atoms with Crippen molar-refractivity contribution in [1.29, 1.82) is 5.26 Å². The van der Waals surface area contributed by atoms with Crippen LogP contribution in [0, 0.1) is 18.3 Å². The van der Waals surface area contributed by atoms with Gasteiger partial charge in [-0.05, 0) is 57.7 Å². The van der Waals surface area contributed by atoms with Gasteiger partial charge in [-0.25, -0.2) is 13.1 Å². The molecule has 0 amide bonds. The lowest BCUT2D eigenvalue weighted by Crippen LogP contribution is -2.27. The van der Waals surface area contributed by atoms with Crippen LogP contribution < -0.4 is 4.72 Å². The van der Waals surface area contributed by atoms with Crippen LogP contribution in [0.4, 0.5) is 0 Å². The Balaban J connectivity index is 2.75. The number of nitrogens with one attached hydrogen (secondary N) is 1. The van der Waals surface area contributed by atoms with Crippen molar-refractivity contribution in [2.75, 3.05) is 27.2 Å². The predicted molar refractivity (Wildman–Crippen MR) is 74.3 cm³/mol. The molecule has 0 atom stereocenters. The Hall–Kier alpha value is -1.42. The number of aryl methyl sites for hydroxylation is 1. The molecule has 19 heavy (non-hydrogen) atoms. The molecule has 1 aromatic rings. The Morgan fingerprint density at radius 1 is 1.37 bits per heavy atom. The number of sulfonamides is 1. The molecule has 0 heterocycles. The van der Waals surface area contributed by atoms with E-state index >= 15 is 0 Å². The Bertz CT molecular complexity index is 574. The van der Waals surface area contributed by atoms with Crippen LogP contribution in [-0.2, 0) is 10.0 Å². The molecule has 104 valence electrons. The van der Waals surface area contributed by atoms with Gasteiger partial charge in [-0.15, -0.1) is 0 Å². The van der Waals surface area contributed by atoms with E-state index in [1.54, 1.807) is 13.0 Å². The van der Waals surface area contributed by atoms with Crippen molar-refractivity contribution in [3.05, 3.63) is 29.3 Å². The van der Waals surface area contributed by atoms with Gasteiger partial charge in [0.15, 0.2) is 0 Å². The topological polar surface area (TPSA) is 73.2 Å². The van der Waals surface area contributed by atoms with Crippen LogP contribution in [0.5, 0.6) is 0 Å². The van der Waals surface area contributed by atoms with E-state index in [1.807, 2.05) is 25.1 Å². The second-order valence-corrected chi connectivity index (χ2v) is 6.38. The summed E-state index contributed by atoms with van der Waals surface area (Å²) in [5.41, 5.74) is 1.04. The fourth-order valence-electron chi connectivity index (χ4n) is 1.70. The minimum atomic E-state index is -3.49. The molecule has 6 heteroatoms. The van der Waals surface area contributed by atoms with Crippen molar-refractivity contribution >= 4 is 10.0 Å². The third kappa shape index (κ3) is 4.63. The highest BCUT2D eigenvalue weighted by Crippen LogP contribution is 2.16. The molecule has 0 bridgehead atoms. The first-order valence-corrected chi connectivity index (χ1v) is 7.50. The van der Waals surface area contributed by atoms with E-state index in [4.69, 9.17) is 5.26 Å². The normalized spacial score (nSPS) is 11.5. The second kappa shape index (κ2) is 6.66. The average molecular weight is 281 g/mol. The summed E-state index contributed by atoms with van der Waals surface area (Å²) in [6.07, 6.45) is 0.752. The monoisotopic (exact) mass is 281 g/mol. The number of hydrogen-bond acceptors (Lipinski definition) is 4. The highest BCUT2D eigenvalue weighted by molar-refractivity contribution is 7.89. The Morgan fingerprint density at radius 2 is 2.05 bits per heavy atom. The third-order valence-electron chi connectivity index (χ3n) is 2.67. The second-order valence-electron chi connectivity index (χ2n) is 4.65. The first kappa shape index (κ1) is 15.6. The number of rotatable bonds is 6.